The lowest BCUT2D eigenvalue weighted by molar-refractivity contribution is 0.462. The summed E-state index contributed by atoms with van der Waals surface area (Å²) in [6.45, 7) is 5.75. The van der Waals surface area contributed by atoms with Crippen molar-refractivity contribution in [1.29, 1.82) is 0 Å². The smallest absolute Gasteiger partial charge is 0.191 e. The molecule has 0 amide bonds. The van der Waals surface area contributed by atoms with Crippen molar-refractivity contribution in [2.75, 3.05) is 25.4 Å². The van der Waals surface area contributed by atoms with Crippen molar-refractivity contribution in [2.45, 2.75) is 39.5 Å². The number of hydrogen-bond acceptors (Lipinski definition) is 4. The van der Waals surface area contributed by atoms with E-state index in [0.717, 1.165) is 32.2 Å². The Bertz CT molecular complexity index is 328. The molecule has 7 heteroatoms. The fourth-order valence-electron chi connectivity index (χ4n) is 1.20. The lowest BCUT2D eigenvalue weighted by atomic mass is 10.3. The molecule has 0 rings (SSSR count). The highest BCUT2D eigenvalue weighted by atomic mass is 32.2. The Morgan fingerprint density at radius 2 is 1.72 bits per heavy atom. The van der Waals surface area contributed by atoms with E-state index in [4.69, 9.17) is 0 Å². The van der Waals surface area contributed by atoms with Gasteiger partial charge in [-0.25, -0.2) is 8.42 Å². The largest absolute Gasteiger partial charge is 0.748 e. The average molecular weight is 278 g/mol. The van der Waals surface area contributed by atoms with Crippen LogP contribution in [0.3, 0.4) is 0 Å². The average Bonchev–Trinajstić information content (AvgIpc) is 2.27. The molecule has 0 unspecified atom stereocenters. The second kappa shape index (κ2) is 10.1. The van der Waals surface area contributed by atoms with E-state index in [1.807, 2.05) is 0 Å². The summed E-state index contributed by atoms with van der Waals surface area (Å²) in [6, 6.07) is 0. The minimum absolute atomic E-state index is 0.0932. The molecule has 0 atom stereocenters. The normalized spacial score (nSPS) is 12.5. The molecule has 6 nitrogen and oxygen atoms in total. The van der Waals surface area contributed by atoms with Gasteiger partial charge in [0.2, 0.25) is 0 Å². The highest BCUT2D eigenvalue weighted by molar-refractivity contribution is 7.85. The van der Waals surface area contributed by atoms with Gasteiger partial charge in [0.05, 0.1) is 15.9 Å². The molecule has 0 aromatic carbocycles. The summed E-state index contributed by atoms with van der Waals surface area (Å²) in [4.78, 5) is 4.30. The molecule has 0 saturated heterocycles. The van der Waals surface area contributed by atoms with Crippen molar-refractivity contribution in [1.82, 2.24) is 10.6 Å². The van der Waals surface area contributed by atoms with E-state index < -0.39 is 15.9 Å². The van der Waals surface area contributed by atoms with Crippen LogP contribution in [0.2, 0.25) is 0 Å². The number of guanidine groups is 1. The molecule has 0 aromatic rings. The maximum atomic E-state index is 10.5. The minimum Gasteiger partial charge on any atom is -0.748 e. The molecule has 18 heavy (non-hydrogen) atoms. The molecule has 2 N–H and O–H groups in total. The zero-order valence-corrected chi connectivity index (χ0v) is 12.1. The van der Waals surface area contributed by atoms with Crippen LogP contribution >= 0.6 is 0 Å². The van der Waals surface area contributed by atoms with E-state index in [-0.39, 0.29) is 6.54 Å². The third-order valence-electron chi connectivity index (χ3n) is 2.25. The zero-order chi connectivity index (χ0) is 13.9. The van der Waals surface area contributed by atoms with Crippen LogP contribution in [0.1, 0.15) is 39.5 Å². The molecule has 0 bridgehead atoms. The second-order valence-electron chi connectivity index (χ2n) is 4.05. The van der Waals surface area contributed by atoms with Crippen molar-refractivity contribution >= 4 is 16.1 Å². The quantitative estimate of drug-likeness (QED) is 0.280. The van der Waals surface area contributed by atoms with E-state index in [9.17, 15) is 13.0 Å². The van der Waals surface area contributed by atoms with Crippen LogP contribution in [0.4, 0.5) is 0 Å². The molecule has 0 radical (unpaired) electrons. The topological polar surface area (TPSA) is 93.6 Å². The summed E-state index contributed by atoms with van der Waals surface area (Å²) in [5, 5.41) is 5.96. The third kappa shape index (κ3) is 11.7. The fraction of sp³-hybridized carbons (Fsp3) is 0.909. The zero-order valence-electron chi connectivity index (χ0n) is 11.2. The standard InChI is InChI=1S/C11H25N3O3S/c1-3-5-7-12-11(13-8-6-4-2)14-9-10-18(15,16)17/h3-10H2,1-2H3,(H2,12,13,14)(H,15,16,17)/p-1. The molecular weight excluding hydrogens is 254 g/mol. The van der Waals surface area contributed by atoms with Crippen LogP contribution in [-0.2, 0) is 10.1 Å². The van der Waals surface area contributed by atoms with Gasteiger partial charge in [0.15, 0.2) is 5.96 Å². The van der Waals surface area contributed by atoms with Crippen LogP contribution in [-0.4, -0.2) is 44.3 Å². The molecule has 0 spiro atoms. The lowest BCUT2D eigenvalue weighted by Crippen LogP contribution is -2.40. The first-order valence-electron chi connectivity index (χ1n) is 6.45. The fourth-order valence-corrected chi connectivity index (χ4v) is 1.55. The van der Waals surface area contributed by atoms with E-state index in [2.05, 4.69) is 29.5 Å². The summed E-state index contributed by atoms with van der Waals surface area (Å²) in [6.07, 6.45) is 4.14. The van der Waals surface area contributed by atoms with Crippen LogP contribution in [0.25, 0.3) is 0 Å². The second-order valence-corrected chi connectivity index (χ2v) is 5.58. The number of nitrogens with zero attached hydrogens (tertiary/aromatic N) is 1. The van der Waals surface area contributed by atoms with E-state index in [1.54, 1.807) is 0 Å². The van der Waals surface area contributed by atoms with Gasteiger partial charge >= 0.3 is 0 Å². The van der Waals surface area contributed by atoms with Crippen LogP contribution in [0.5, 0.6) is 0 Å². The maximum absolute atomic E-state index is 10.5. The maximum Gasteiger partial charge on any atom is 0.191 e. The SMILES string of the molecule is CCCCN=C(NCCCC)NCCS(=O)(=O)[O-]. The Morgan fingerprint density at radius 3 is 2.28 bits per heavy atom. The van der Waals surface area contributed by atoms with Crippen molar-refractivity contribution in [3.8, 4) is 0 Å². The minimum atomic E-state index is -4.17. The van der Waals surface area contributed by atoms with Gasteiger partial charge in [-0.3, -0.25) is 4.99 Å². The molecule has 0 heterocycles. The summed E-state index contributed by atoms with van der Waals surface area (Å²) in [7, 11) is -4.17. The van der Waals surface area contributed by atoms with Crippen molar-refractivity contribution in [3.05, 3.63) is 0 Å². The van der Waals surface area contributed by atoms with Gasteiger partial charge in [-0.1, -0.05) is 26.7 Å². The lowest BCUT2D eigenvalue weighted by Gasteiger charge is -2.13. The van der Waals surface area contributed by atoms with E-state index in [0.29, 0.717) is 12.5 Å². The predicted octanol–water partition coefficient (Wildman–Crippen LogP) is 0.667. The van der Waals surface area contributed by atoms with Crippen LogP contribution in [0, 0.1) is 0 Å². The Hall–Kier alpha value is -0.820. The molecule has 0 aromatic heterocycles. The summed E-state index contributed by atoms with van der Waals surface area (Å²) >= 11 is 0. The summed E-state index contributed by atoms with van der Waals surface area (Å²) < 4.78 is 31.4. The number of unbranched alkanes of at least 4 members (excludes halogenated alkanes) is 2. The Balaban J connectivity index is 4.07. The predicted molar refractivity (Wildman–Crippen MR) is 72.7 cm³/mol. The van der Waals surface area contributed by atoms with Gasteiger partial charge in [0.25, 0.3) is 0 Å². The van der Waals surface area contributed by atoms with Gasteiger partial charge in [-0.2, -0.15) is 0 Å². The first-order chi connectivity index (χ1) is 8.49. The molecule has 0 aliphatic heterocycles. The Morgan fingerprint density at radius 1 is 1.11 bits per heavy atom. The molecular formula is C11H24N3O3S-. The van der Waals surface area contributed by atoms with Crippen molar-refractivity contribution < 1.29 is 13.0 Å². The highest BCUT2D eigenvalue weighted by Crippen LogP contribution is 1.88. The molecule has 0 aliphatic carbocycles. The van der Waals surface area contributed by atoms with Gasteiger partial charge in [0, 0.05) is 19.6 Å². The third-order valence-corrected chi connectivity index (χ3v) is 2.95. The first kappa shape index (κ1) is 17.2. The Kier molecular flexibility index (Phi) is 9.67. The van der Waals surface area contributed by atoms with Crippen molar-refractivity contribution in [2.24, 2.45) is 4.99 Å². The summed E-state index contributed by atoms with van der Waals surface area (Å²) in [5.74, 6) is 0.162. The Labute approximate surface area is 110 Å². The molecule has 0 saturated carbocycles. The first-order valence-corrected chi connectivity index (χ1v) is 8.03. The number of hydrogen-bond donors (Lipinski definition) is 2. The van der Waals surface area contributed by atoms with Crippen LogP contribution < -0.4 is 10.6 Å². The van der Waals surface area contributed by atoms with E-state index >= 15 is 0 Å². The van der Waals surface area contributed by atoms with Gasteiger partial charge in [-0.05, 0) is 12.8 Å². The van der Waals surface area contributed by atoms with Gasteiger partial charge in [-0.15, -0.1) is 0 Å². The van der Waals surface area contributed by atoms with E-state index in [1.165, 1.54) is 0 Å². The summed E-state index contributed by atoms with van der Waals surface area (Å²) in [5.41, 5.74) is 0. The molecule has 0 aliphatic rings. The number of rotatable bonds is 9. The van der Waals surface area contributed by atoms with Crippen LogP contribution in [0.15, 0.2) is 4.99 Å². The monoisotopic (exact) mass is 278 g/mol. The number of nitrogens with one attached hydrogen (secondary N) is 2. The number of aliphatic imine (C=N–C) groups is 1. The molecule has 0 fully saturated rings. The van der Waals surface area contributed by atoms with Gasteiger partial charge < -0.3 is 15.2 Å². The highest BCUT2D eigenvalue weighted by Gasteiger charge is 1.99. The van der Waals surface area contributed by atoms with Gasteiger partial charge in [0.1, 0.15) is 0 Å². The van der Waals surface area contributed by atoms with Crippen molar-refractivity contribution in [3.63, 3.8) is 0 Å². The molecule has 108 valence electrons.